The molecule has 5 rings (SSSR count). The average molecular weight is 465 g/mol. The zero-order valence-electron chi connectivity index (χ0n) is 17.2. The number of rotatable bonds is 7. The number of para-hydroxylation sites is 1. The Kier molecular flexibility index (Phi) is 5.39. The fourth-order valence-electron chi connectivity index (χ4n) is 3.75. The number of benzene rings is 2. The smallest absolute Gasteiger partial charge is 0.339 e. The van der Waals surface area contributed by atoms with Gasteiger partial charge in [-0.2, -0.15) is 0 Å². The molecule has 166 valence electrons. The minimum atomic E-state index is -0.556. The van der Waals surface area contributed by atoms with Gasteiger partial charge < -0.3 is 14.1 Å². The van der Waals surface area contributed by atoms with Crippen molar-refractivity contribution >= 4 is 39.9 Å². The van der Waals surface area contributed by atoms with Crippen LogP contribution in [0.4, 0.5) is 5.69 Å². The SMILES string of the molecule is O=C1C(=O)N(CCCn2cc(COc3cc(=O)oc4ccccc34)nn2)c2ccc(Cl)cc21. The van der Waals surface area contributed by atoms with Gasteiger partial charge in [0.05, 0.1) is 28.9 Å². The maximum Gasteiger partial charge on any atom is 0.339 e. The Morgan fingerprint density at radius 3 is 2.76 bits per heavy atom. The maximum absolute atomic E-state index is 12.3. The van der Waals surface area contributed by atoms with Gasteiger partial charge in [0.1, 0.15) is 23.6 Å². The third-order valence-electron chi connectivity index (χ3n) is 5.28. The van der Waals surface area contributed by atoms with Gasteiger partial charge in [0.15, 0.2) is 0 Å². The van der Waals surface area contributed by atoms with Gasteiger partial charge in [-0.05, 0) is 36.8 Å². The van der Waals surface area contributed by atoms with E-state index in [-0.39, 0.29) is 6.61 Å². The molecular formula is C23H17ClN4O5. The average Bonchev–Trinajstić information content (AvgIpc) is 3.35. The number of aromatic nitrogens is 3. The van der Waals surface area contributed by atoms with E-state index in [0.717, 1.165) is 0 Å². The number of hydrogen-bond acceptors (Lipinski definition) is 7. The summed E-state index contributed by atoms with van der Waals surface area (Å²) in [5.74, 6) is -0.693. The lowest BCUT2D eigenvalue weighted by Gasteiger charge is -2.16. The molecule has 1 amide bonds. The Bertz CT molecular complexity index is 1440. The van der Waals surface area contributed by atoms with Crippen molar-refractivity contribution in [1.82, 2.24) is 15.0 Å². The Morgan fingerprint density at radius 2 is 1.88 bits per heavy atom. The molecule has 9 nitrogen and oxygen atoms in total. The summed E-state index contributed by atoms with van der Waals surface area (Å²) in [5.41, 5.74) is 1.44. The van der Waals surface area contributed by atoms with Crippen molar-refractivity contribution < 1.29 is 18.7 Å². The lowest BCUT2D eigenvalue weighted by atomic mass is 10.1. The topological polar surface area (TPSA) is 108 Å². The molecule has 0 N–H and O–H groups in total. The van der Waals surface area contributed by atoms with Crippen molar-refractivity contribution in [2.75, 3.05) is 11.4 Å². The second-order valence-corrected chi connectivity index (χ2v) is 7.92. The second-order valence-electron chi connectivity index (χ2n) is 7.49. The van der Waals surface area contributed by atoms with E-state index in [9.17, 15) is 14.4 Å². The predicted octanol–water partition coefficient (Wildman–Crippen LogP) is 3.24. The summed E-state index contributed by atoms with van der Waals surface area (Å²) in [6.45, 7) is 0.975. The number of nitrogens with zero attached hydrogens (tertiary/aromatic N) is 4. The Labute approximate surface area is 192 Å². The zero-order chi connectivity index (χ0) is 22.9. The monoisotopic (exact) mass is 464 g/mol. The third-order valence-corrected chi connectivity index (χ3v) is 5.51. The first-order valence-electron chi connectivity index (χ1n) is 10.2. The van der Waals surface area contributed by atoms with E-state index in [4.69, 9.17) is 20.8 Å². The third kappa shape index (κ3) is 4.10. The molecular weight excluding hydrogens is 448 g/mol. The summed E-state index contributed by atoms with van der Waals surface area (Å²) in [5, 5.41) is 9.28. The molecule has 0 bridgehead atoms. The highest BCUT2D eigenvalue weighted by Crippen LogP contribution is 2.31. The molecule has 0 saturated heterocycles. The van der Waals surface area contributed by atoms with E-state index in [1.165, 1.54) is 17.0 Å². The number of halogens is 1. The summed E-state index contributed by atoms with van der Waals surface area (Å²) < 4.78 is 12.6. The maximum atomic E-state index is 12.3. The highest BCUT2D eigenvalue weighted by Gasteiger charge is 2.35. The zero-order valence-corrected chi connectivity index (χ0v) is 18.0. The molecule has 0 aliphatic carbocycles. The van der Waals surface area contributed by atoms with E-state index >= 15 is 0 Å². The fraction of sp³-hybridized carbons (Fsp3) is 0.174. The van der Waals surface area contributed by atoms with Crippen LogP contribution in [0.5, 0.6) is 5.75 Å². The summed E-state index contributed by atoms with van der Waals surface area (Å²) >= 11 is 5.94. The molecule has 1 aliphatic heterocycles. The molecule has 2 aromatic heterocycles. The number of hydrogen-bond donors (Lipinski definition) is 0. The molecule has 4 aromatic rings. The molecule has 10 heteroatoms. The van der Waals surface area contributed by atoms with E-state index in [2.05, 4.69) is 10.3 Å². The summed E-state index contributed by atoms with van der Waals surface area (Å²) in [7, 11) is 0. The van der Waals surface area contributed by atoms with Crippen molar-refractivity contribution in [2.45, 2.75) is 19.6 Å². The Balaban J connectivity index is 1.20. The van der Waals surface area contributed by atoms with Gasteiger partial charge in [-0.15, -0.1) is 5.10 Å². The second kappa shape index (κ2) is 8.51. The molecule has 1 aliphatic rings. The van der Waals surface area contributed by atoms with Crippen molar-refractivity contribution in [3.05, 3.63) is 81.4 Å². The number of Topliss-reactive ketones (excluding diaryl/α,β-unsaturated/α-hetero) is 1. The van der Waals surface area contributed by atoms with Crippen LogP contribution in [0.2, 0.25) is 5.02 Å². The van der Waals surface area contributed by atoms with Crippen LogP contribution in [-0.4, -0.2) is 33.2 Å². The van der Waals surface area contributed by atoms with Crippen LogP contribution >= 0.6 is 11.6 Å². The molecule has 0 spiro atoms. The summed E-state index contributed by atoms with van der Waals surface area (Å²) in [6, 6.07) is 13.3. The van der Waals surface area contributed by atoms with Crippen molar-refractivity contribution in [2.24, 2.45) is 0 Å². The van der Waals surface area contributed by atoms with Crippen molar-refractivity contribution in [3.63, 3.8) is 0 Å². The standard InChI is InChI=1S/C23H17ClN4O5/c24-14-6-7-18-17(10-14)22(30)23(31)28(18)9-3-8-27-12-15(25-26-27)13-32-20-11-21(29)33-19-5-2-1-4-16(19)20/h1-2,4-7,10-12H,3,8-9,13H2. The van der Waals surface area contributed by atoms with Crippen LogP contribution in [0.15, 0.2) is 63.9 Å². The summed E-state index contributed by atoms with van der Waals surface area (Å²) in [6.07, 6.45) is 2.30. The number of ketones is 1. The molecule has 2 aromatic carbocycles. The van der Waals surface area contributed by atoms with Crippen LogP contribution in [0.25, 0.3) is 11.0 Å². The van der Waals surface area contributed by atoms with E-state index in [1.54, 1.807) is 41.2 Å². The predicted molar refractivity (Wildman–Crippen MR) is 120 cm³/mol. The number of fused-ring (bicyclic) bond motifs is 2. The van der Waals surface area contributed by atoms with E-state index in [0.29, 0.717) is 58.2 Å². The van der Waals surface area contributed by atoms with Crippen LogP contribution < -0.4 is 15.3 Å². The fourth-order valence-corrected chi connectivity index (χ4v) is 3.92. The van der Waals surface area contributed by atoms with Gasteiger partial charge in [0.25, 0.3) is 11.7 Å². The number of carbonyl (C=O) groups is 2. The molecule has 0 fully saturated rings. The van der Waals surface area contributed by atoms with Gasteiger partial charge in [-0.25, -0.2) is 4.79 Å². The molecule has 0 radical (unpaired) electrons. The highest BCUT2D eigenvalue weighted by molar-refractivity contribution is 6.52. The van der Waals surface area contributed by atoms with Crippen LogP contribution in [0, 0.1) is 0 Å². The minimum Gasteiger partial charge on any atom is -0.486 e. The van der Waals surface area contributed by atoms with E-state index in [1.807, 2.05) is 6.07 Å². The van der Waals surface area contributed by atoms with E-state index < -0.39 is 17.3 Å². The molecule has 0 atom stereocenters. The number of aryl methyl sites for hydroxylation is 1. The normalized spacial score (nSPS) is 13.1. The Hall–Kier alpha value is -3.98. The van der Waals surface area contributed by atoms with Crippen molar-refractivity contribution in [1.29, 1.82) is 0 Å². The molecule has 3 heterocycles. The lowest BCUT2D eigenvalue weighted by molar-refractivity contribution is -0.114. The van der Waals surface area contributed by atoms with Crippen LogP contribution in [0.3, 0.4) is 0 Å². The lowest BCUT2D eigenvalue weighted by Crippen LogP contribution is -2.31. The number of ether oxygens (including phenoxy) is 1. The van der Waals surface area contributed by atoms with Gasteiger partial charge in [-0.3, -0.25) is 14.3 Å². The first-order valence-corrected chi connectivity index (χ1v) is 10.6. The van der Waals surface area contributed by atoms with Gasteiger partial charge in [-0.1, -0.05) is 28.9 Å². The largest absolute Gasteiger partial charge is 0.486 e. The quantitative estimate of drug-likeness (QED) is 0.305. The Morgan fingerprint density at radius 1 is 1.03 bits per heavy atom. The van der Waals surface area contributed by atoms with Gasteiger partial charge in [0, 0.05) is 18.1 Å². The molecule has 0 saturated carbocycles. The van der Waals surface area contributed by atoms with Crippen molar-refractivity contribution in [3.8, 4) is 5.75 Å². The first-order chi connectivity index (χ1) is 16.0. The molecule has 33 heavy (non-hydrogen) atoms. The first kappa shape index (κ1) is 20.9. The molecule has 0 unspecified atom stereocenters. The number of anilines is 1. The highest BCUT2D eigenvalue weighted by atomic mass is 35.5. The summed E-state index contributed by atoms with van der Waals surface area (Å²) in [4.78, 5) is 37.7. The van der Waals surface area contributed by atoms with Gasteiger partial charge in [0.2, 0.25) is 0 Å². The number of amides is 1. The minimum absolute atomic E-state index is 0.126. The van der Waals surface area contributed by atoms with Gasteiger partial charge >= 0.3 is 5.63 Å². The van der Waals surface area contributed by atoms with Crippen LogP contribution in [0.1, 0.15) is 22.5 Å². The number of carbonyl (C=O) groups excluding carboxylic acids is 2. The van der Waals surface area contributed by atoms with Crippen LogP contribution in [-0.2, 0) is 17.9 Å².